The molecule has 0 atom stereocenters. The summed E-state index contributed by atoms with van der Waals surface area (Å²) in [5.74, 6) is 0.470. The van der Waals surface area contributed by atoms with Crippen molar-refractivity contribution in [2.45, 2.75) is 19.3 Å². The first-order valence-corrected chi connectivity index (χ1v) is 17.7. The number of carbonyl (C=O) groups excluding carboxylic acids is 3. The van der Waals surface area contributed by atoms with Gasteiger partial charge >= 0.3 is 17.9 Å². The third-order valence-electron chi connectivity index (χ3n) is 10.7. The maximum absolute atomic E-state index is 13.4. The molecule has 6 aromatic carbocycles. The van der Waals surface area contributed by atoms with Gasteiger partial charge in [-0.15, -0.1) is 0 Å². The standard InChI is InChI=1S/C48H32O7/c1-26-22-33(16-20-43(26)52-28(3)31-14-18-35-29(4)53-47(51)40(35)24-31)48(41-12-8-6-10-36(41)37-11-7-9-13-42(37)48)34-17-21-44(27(2)23-34)55-45(49)32-15-19-38-39(25-32)30(5)54-46(38)50/h6-25H,3-5H2,1-2H3. The molecule has 0 bridgehead atoms. The summed E-state index contributed by atoms with van der Waals surface area (Å²) in [5.41, 5.74) is 10.3. The van der Waals surface area contributed by atoms with Crippen LogP contribution in [0.5, 0.6) is 11.5 Å². The molecule has 2 heterocycles. The Morgan fingerprint density at radius 2 is 1.05 bits per heavy atom. The second kappa shape index (κ2) is 12.4. The number of hydrogen-bond donors (Lipinski definition) is 0. The summed E-state index contributed by atoms with van der Waals surface area (Å²) in [4.78, 5) is 37.8. The van der Waals surface area contributed by atoms with Crippen LogP contribution in [-0.2, 0) is 14.9 Å². The largest absolute Gasteiger partial charge is 0.457 e. The summed E-state index contributed by atoms with van der Waals surface area (Å²) in [5, 5.41) is 0. The minimum absolute atomic E-state index is 0.205. The molecule has 266 valence electrons. The molecule has 7 nitrogen and oxygen atoms in total. The van der Waals surface area contributed by atoms with Crippen molar-refractivity contribution in [3.05, 3.63) is 208 Å². The molecule has 0 aromatic heterocycles. The number of ether oxygens (including phenoxy) is 4. The molecule has 0 amide bonds. The van der Waals surface area contributed by atoms with Crippen molar-refractivity contribution < 1.29 is 33.3 Å². The van der Waals surface area contributed by atoms with E-state index >= 15 is 0 Å². The smallest absolute Gasteiger partial charge is 0.344 e. The summed E-state index contributed by atoms with van der Waals surface area (Å²) < 4.78 is 22.6. The number of carbonyl (C=O) groups is 3. The van der Waals surface area contributed by atoms with Gasteiger partial charge in [0.2, 0.25) is 0 Å². The average molecular weight is 721 g/mol. The lowest BCUT2D eigenvalue weighted by atomic mass is 9.67. The van der Waals surface area contributed by atoms with Crippen molar-refractivity contribution in [1.29, 1.82) is 0 Å². The van der Waals surface area contributed by atoms with Gasteiger partial charge in [-0.2, -0.15) is 0 Å². The van der Waals surface area contributed by atoms with E-state index in [2.05, 4.69) is 86.5 Å². The Balaban J connectivity index is 1.10. The van der Waals surface area contributed by atoms with E-state index in [0.717, 1.165) is 44.5 Å². The molecule has 7 heteroatoms. The molecule has 0 radical (unpaired) electrons. The predicted octanol–water partition coefficient (Wildman–Crippen LogP) is 10.2. The van der Waals surface area contributed by atoms with Gasteiger partial charge in [0.1, 0.15) is 28.8 Å². The van der Waals surface area contributed by atoms with Gasteiger partial charge in [-0.25, -0.2) is 14.4 Å². The number of aryl methyl sites for hydroxylation is 2. The average Bonchev–Trinajstić information content (AvgIpc) is 3.77. The predicted molar refractivity (Wildman–Crippen MR) is 210 cm³/mol. The van der Waals surface area contributed by atoms with Crippen LogP contribution in [0.1, 0.15) is 81.1 Å². The lowest BCUT2D eigenvalue weighted by Crippen LogP contribution is -2.29. The molecule has 0 fully saturated rings. The molecule has 0 N–H and O–H groups in total. The topological polar surface area (TPSA) is 88.1 Å². The lowest BCUT2D eigenvalue weighted by Gasteiger charge is -2.34. The summed E-state index contributed by atoms with van der Waals surface area (Å²) in [6, 6.07) is 39.0. The highest BCUT2D eigenvalue weighted by atomic mass is 16.5. The van der Waals surface area contributed by atoms with Gasteiger partial charge < -0.3 is 18.9 Å². The van der Waals surface area contributed by atoms with Gasteiger partial charge in [0, 0.05) is 16.7 Å². The molecule has 9 rings (SSSR count). The van der Waals surface area contributed by atoms with Crippen LogP contribution >= 0.6 is 0 Å². The van der Waals surface area contributed by atoms with Crippen LogP contribution < -0.4 is 9.47 Å². The second-order valence-electron chi connectivity index (χ2n) is 13.9. The summed E-state index contributed by atoms with van der Waals surface area (Å²) in [7, 11) is 0. The third kappa shape index (κ3) is 5.16. The van der Waals surface area contributed by atoms with E-state index in [4.69, 9.17) is 18.9 Å². The number of cyclic esters (lactones) is 2. The van der Waals surface area contributed by atoms with E-state index in [1.165, 1.54) is 0 Å². The normalized spacial score (nSPS) is 14.4. The minimum Gasteiger partial charge on any atom is -0.457 e. The van der Waals surface area contributed by atoms with Gasteiger partial charge in [0.05, 0.1) is 22.1 Å². The fraction of sp³-hybridized carbons (Fsp3) is 0.0625. The van der Waals surface area contributed by atoms with E-state index in [1.807, 2.05) is 38.1 Å². The fourth-order valence-corrected chi connectivity index (χ4v) is 8.02. The minimum atomic E-state index is -0.726. The van der Waals surface area contributed by atoms with Gasteiger partial charge in [-0.1, -0.05) is 98.6 Å². The maximum Gasteiger partial charge on any atom is 0.344 e. The summed E-state index contributed by atoms with van der Waals surface area (Å²) >= 11 is 0. The van der Waals surface area contributed by atoms with Crippen LogP contribution in [0.3, 0.4) is 0 Å². The van der Waals surface area contributed by atoms with Crippen molar-refractivity contribution in [3.8, 4) is 22.6 Å². The molecule has 0 saturated heterocycles. The van der Waals surface area contributed by atoms with Crippen LogP contribution in [0.15, 0.2) is 141 Å². The first kappa shape index (κ1) is 33.6. The molecule has 0 saturated carbocycles. The van der Waals surface area contributed by atoms with Crippen molar-refractivity contribution >= 4 is 35.2 Å². The van der Waals surface area contributed by atoms with Crippen LogP contribution in [0.2, 0.25) is 0 Å². The van der Waals surface area contributed by atoms with Crippen LogP contribution in [0, 0.1) is 13.8 Å². The number of esters is 3. The highest BCUT2D eigenvalue weighted by molar-refractivity contribution is 6.05. The maximum atomic E-state index is 13.4. The second-order valence-corrected chi connectivity index (χ2v) is 13.9. The molecule has 0 unspecified atom stereocenters. The summed E-state index contributed by atoms with van der Waals surface area (Å²) in [6.45, 7) is 15.7. The summed E-state index contributed by atoms with van der Waals surface area (Å²) in [6.07, 6.45) is 0. The zero-order valence-electron chi connectivity index (χ0n) is 30.0. The highest BCUT2D eigenvalue weighted by Gasteiger charge is 2.46. The van der Waals surface area contributed by atoms with Crippen LogP contribution in [0.25, 0.3) is 28.4 Å². The molecule has 6 aromatic rings. The van der Waals surface area contributed by atoms with E-state index in [9.17, 15) is 14.4 Å². The monoisotopic (exact) mass is 720 g/mol. The number of rotatable bonds is 7. The Morgan fingerprint density at radius 1 is 0.545 bits per heavy atom. The van der Waals surface area contributed by atoms with Crippen LogP contribution in [-0.4, -0.2) is 17.9 Å². The van der Waals surface area contributed by atoms with E-state index in [1.54, 1.807) is 30.3 Å². The van der Waals surface area contributed by atoms with Crippen molar-refractivity contribution in [1.82, 2.24) is 0 Å². The number of benzene rings is 6. The fourth-order valence-electron chi connectivity index (χ4n) is 8.02. The van der Waals surface area contributed by atoms with Crippen molar-refractivity contribution in [2.75, 3.05) is 0 Å². The number of hydrogen-bond acceptors (Lipinski definition) is 7. The van der Waals surface area contributed by atoms with Gasteiger partial charge in [-0.3, -0.25) is 0 Å². The zero-order chi connectivity index (χ0) is 38.2. The Labute approximate surface area is 317 Å². The molecule has 3 aliphatic rings. The van der Waals surface area contributed by atoms with E-state index in [-0.39, 0.29) is 11.3 Å². The van der Waals surface area contributed by atoms with E-state index in [0.29, 0.717) is 50.8 Å². The van der Waals surface area contributed by atoms with E-state index < -0.39 is 23.3 Å². The Morgan fingerprint density at radius 3 is 1.67 bits per heavy atom. The Hall–Kier alpha value is -7.25. The SMILES string of the molecule is C=C(Oc1ccc(C2(c3ccc(OC(=O)c4ccc5c(c4)C(=C)OC5=O)c(C)c3)c3ccccc3-c3ccccc32)cc1C)c1ccc2c(c1)C(=O)OC2=C. The van der Waals surface area contributed by atoms with Crippen molar-refractivity contribution in [2.24, 2.45) is 0 Å². The Bertz CT molecular complexity index is 2560. The van der Waals surface area contributed by atoms with Crippen LogP contribution in [0.4, 0.5) is 0 Å². The van der Waals surface area contributed by atoms with Gasteiger partial charge in [0.25, 0.3) is 0 Å². The lowest BCUT2D eigenvalue weighted by molar-refractivity contribution is 0.0706. The first-order valence-electron chi connectivity index (χ1n) is 17.7. The molecular weight excluding hydrogens is 689 g/mol. The van der Waals surface area contributed by atoms with Gasteiger partial charge in [0.15, 0.2) is 0 Å². The molecular formula is C48H32O7. The zero-order valence-corrected chi connectivity index (χ0v) is 30.0. The van der Waals surface area contributed by atoms with Gasteiger partial charge in [-0.05, 0) is 101 Å². The molecule has 2 aliphatic heterocycles. The molecule has 0 spiro atoms. The highest BCUT2D eigenvalue weighted by Crippen LogP contribution is 2.56. The van der Waals surface area contributed by atoms with Crippen molar-refractivity contribution in [3.63, 3.8) is 0 Å². The number of fused-ring (bicyclic) bond motifs is 5. The third-order valence-corrected chi connectivity index (χ3v) is 10.7. The molecule has 1 aliphatic carbocycles. The molecule has 55 heavy (non-hydrogen) atoms. The first-order chi connectivity index (χ1) is 26.5. The quantitative estimate of drug-likeness (QED) is 0.0920. The Kier molecular flexibility index (Phi) is 7.58.